The minimum atomic E-state index is -0.105. The highest BCUT2D eigenvalue weighted by Crippen LogP contribution is 2.07. The van der Waals surface area contributed by atoms with Crippen LogP contribution in [0.5, 0.6) is 0 Å². The molecule has 114 valence electrons. The van der Waals surface area contributed by atoms with Crippen molar-refractivity contribution in [3.8, 4) is 0 Å². The van der Waals surface area contributed by atoms with E-state index in [9.17, 15) is 9.59 Å². The average Bonchev–Trinajstić information content (AvgIpc) is 2.55. The summed E-state index contributed by atoms with van der Waals surface area (Å²) in [6, 6.07) is 19.0. The second-order valence-corrected chi connectivity index (χ2v) is 5.65. The monoisotopic (exact) mass is 314 g/mol. The number of carbonyl (C=O) groups is 2. The van der Waals surface area contributed by atoms with Crippen LogP contribution in [0.25, 0.3) is 0 Å². The SMILES string of the molecule is O=C(CSCC(=O)Nc1ccccc1)NCc1ccccc1. The predicted octanol–water partition coefficient (Wildman–Crippen LogP) is 2.67. The van der Waals surface area contributed by atoms with E-state index in [1.807, 2.05) is 60.7 Å². The third-order valence-corrected chi connectivity index (χ3v) is 3.79. The highest BCUT2D eigenvalue weighted by Gasteiger charge is 2.05. The molecule has 2 aromatic carbocycles. The summed E-state index contributed by atoms with van der Waals surface area (Å²) in [7, 11) is 0. The first-order valence-electron chi connectivity index (χ1n) is 6.97. The molecule has 0 saturated carbocycles. The Morgan fingerprint density at radius 3 is 2.09 bits per heavy atom. The van der Waals surface area contributed by atoms with Crippen molar-refractivity contribution in [3.05, 3.63) is 66.2 Å². The molecule has 0 aromatic heterocycles. The van der Waals surface area contributed by atoms with Crippen LogP contribution in [0.15, 0.2) is 60.7 Å². The maximum Gasteiger partial charge on any atom is 0.234 e. The lowest BCUT2D eigenvalue weighted by atomic mass is 10.2. The first kappa shape index (κ1) is 16.1. The van der Waals surface area contributed by atoms with Gasteiger partial charge in [-0.2, -0.15) is 0 Å². The van der Waals surface area contributed by atoms with Gasteiger partial charge in [0.15, 0.2) is 0 Å². The summed E-state index contributed by atoms with van der Waals surface area (Å²) >= 11 is 1.30. The van der Waals surface area contributed by atoms with Crippen LogP contribution in [0.3, 0.4) is 0 Å². The van der Waals surface area contributed by atoms with E-state index in [1.54, 1.807) is 0 Å². The van der Waals surface area contributed by atoms with Gasteiger partial charge in [-0.15, -0.1) is 11.8 Å². The number of anilines is 1. The first-order chi connectivity index (χ1) is 10.7. The van der Waals surface area contributed by atoms with E-state index in [2.05, 4.69) is 10.6 Å². The smallest absolute Gasteiger partial charge is 0.234 e. The van der Waals surface area contributed by atoms with Crippen molar-refractivity contribution in [2.75, 3.05) is 16.8 Å². The Labute approximate surface area is 134 Å². The van der Waals surface area contributed by atoms with Crippen molar-refractivity contribution < 1.29 is 9.59 Å². The molecule has 4 nitrogen and oxygen atoms in total. The number of benzene rings is 2. The van der Waals surface area contributed by atoms with E-state index in [-0.39, 0.29) is 23.3 Å². The predicted molar refractivity (Wildman–Crippen MR) is 90.7 cm³/mol. The number of hydrogen-bond acceptors (Lipinski definition) is 3. The van der Waals surface area contributed by atoms with E-state index in [0.29, 0.717) is 6.54 Å². The van der Waals surface area contributed by atoms with E-state index in [4.69, 9.17) is 0 Å². The standard InChI is InChI=1S/C17H18N2O2S/c20-16(18-11-14-7-3-1-4-8-14)12-22-13-17(21)19-15-9-5-2-6-10-15/h1-10H,11-13H2,(H,18,20)(H,19,21). The zero-order valence-electron chi connectivity index (χ0n) is 12.1. The molecule has 0 fully saturated rings. The van der Waals surface area contributed by atoms with Gasteiger partial charge < -0.3 is 10.6 Å². The summed E-state index contributed by atoms with van der Waals surface area (Å²) in [4.78, 5) is 23.4. The molecule has 5 heteroatoms. The van der Waals surface area contributed by atoms with E-state index in [0.717, 1.165) is 11.3 Å². The molecule has 0 unspecified atom stereocenters. The maximum absolute atomic E-state index is 11.7. The van der Waals surface area contributed by atoms with Crippen LogP contribution in [0.1, 0.15) is 5.56 Å². The quantitative estimate of drug-likeness (QED) is 0.826. The van der Waals surface area contributed by atoms with Crippen molar-refractivity contribution in [1.82, 2.24) is 5.32 Å². The summed E-state index contributed by atoms with van der Waals surface area (Å²) < 4.78 is 0. The summed E-state index contributed by atoms with van der Waals surface area (Å²) in [5, 5.41) is 5.61. The molecular formula is C17H18N2O2S. The third kappa shape index (κ3) is 6.01. The third-order valence-electron chi connectivity index (χ3n) is 2.86. The van der Waals surface area contributed by atoms with Crippen LogP contribution in [0, 0.1) is 0 Å². The largest absolute Gasteiger partial charge is 0.351 e. The summed E-state index contributed by atoms with van der Waals surface area (Å²) in [5.41, 5.74) is 1.82. The lowest BCUT2D eigenvalue weighted by Crippen LogP contribution is -2.25. The van der Waals surface area contributed by atoms with Gasteiger partial charge in [0.05, 0.1) is 11.5 Å². The van der Waals surface area contributed by atoms with Crippen molar-refractivity contribution in [2.24, 2.45) is 0 Å². The lowest BCUT2D eigenvalue weighted by molar-refractivity contribution is -0.118. The Balaban J connectivity index is 1.61. The van der Waals surface area contributed by atoms with Crippen LogP contribution >= 0.6 is 11.8 Å². The summed E-state index contributed by atoms with van der Waals surface area (Å²) in [5.74, 6) is 0.358. The Bertz CT molecular complexity index is 603. The molecular weight excluding hydrogens is 296 g/mol. The lowest BCUT2D eigenvalue weighted by Gasteiger charge is -2.06. The number of rotatable bonds is 7. The number of amides is 2. The van der Waals surface area contributed by atoms with Crippen molar-refractivity contribution in [3.63, 3.8) is 0 Å². The van der Waals surface area contributed by atoms with Gasteiger partial charge in [-0.25, -0.2) is 0 Å². The van der Waals surface area contributed by atoms with Crippen LogP contribution in [0.4, 0.5) is 5.69 Å². The van der Waals surface area contributed by atoms with Gasteiger partial charge in [-0.3, -0.25) is 9.59 Å². The van der Waals surface area contributed by atoms with Crippen molar-refractivity contribution >= 4 is 29.3 Å². The fourth-order valence-electron chi connectivity index (χ4n) is 1.80. The topological polar surface area (TPSA) is 58.2 Å². The van der Waals surface area contributed by atoms with Gasteiger partial charge in [0, 0.05) is 12.2 Å². The molecule has 0 saturated heterocycles. The molecule has 0 heterocycles. The van der Waals surface area contributed by atoms with Crippen LogP contribution in [-0.2, 0) is 16.1 Å². The fraction of sp³-hybridized carbons (Fsp3) is 0.176. The summed E-state index contributed by atoms with van der Waals surface area (Å²) in [6.45, 7) is 0.510. The molecule has 0 aliphatic carbocycles. The first-order valence-corrected chi connectivity index (χ1v) is 8.13. The van der Waals surface area contributed by atoms with Crippen molar-refractivity contribution in [1.29, 1.82) is 0 Å². The van der Waals surface area contributed by atoms with E-state index >= 15 is 0 Å². The van der Waals surface area contributed by atoms with Crippen molar-refractivity contribution in [2.45, 2.75) is 6.54 Å². The minimum Gasteiger partial charge on any atom is -0.351 e. The van der Waals surface area contributed by atoms with Gasteiger partial charge >= 0.3 is 0 Å². The Morgan fingerprint density at radius 1 is 0.818 bits per heavy atom. The number of nitrogens with one attached hydrogen (secondary N) is 2. The molecule has 2 amide bonds. The second-order valence-electron chi connectivity index (χ2n) is 4.67. The summed E-state index contributed by atoms with van der Waals surface area (Å²) in [6.07, 6.45) is 0. The van der Waals surface area contributed by atoms with E-state index in [1.165, 1.54) is 11.8 Å². The van der Waals surface area contributed by atoms with Crippen LogP contribution < -0.4 is 10.6 Å². The molecule has 0 atom stereocenters. The zero-order valence-corrected chi connectivity index (χ0v) is 12.9. The van der Waals surface area contributed by atoms with Crippen LogP contribution in [-0.4, -0.2) is 23.3 Å². The molecule has 0 spiro atoms. The normalized spacial score (nSPS) is 10.0. The zero-order chi connectivity index (χ0) is 15.6. The molecule has 0 radical (unpaired) electrons. The molecule has 22 heavy (non-hydrogen) atoms. The maximum atomic E-state index is 11.7. The number of hydrogen-bond donors (Lipinski definition) is 2. The molecule has 0 aliphatic rings. The number of para-hydroxylation sites is 1. The highest BCUT2D eigenvalue weighted by atomic mass is 32.2. The fourth-order valence-corrected chi connectivity index (χ4v) is 2.45. The van der Waals surface area contributed by atoms with Crippen LogP contribution in [0.2, 0.25) is 0 Å². The molecule has 2 N–H and O–H groups in total. The Hall–Kier alpha value is -2.27. The van der Waals surface area contributed by atoms with Gasteiger partial charge in [0.1, 0.15) is 0 Å². The van der Waals surface area contributed by atoms with E-state index < -0.39 is 0 Å². The Kier molecular flexibility index (Phi) is 6.51. The number of carbonyl (C=O) groups excluding carboxylic acids is 2. The van der Waals surface area contributed by atoms with Gasteiger partial charge in [-0.1, -0.05) is 48.5 Å². The molecule has 0 bridgehead atoms. The molecule has 2 aromatic rings. The highest BCUT2D eigenvalue weighted by molar-refractivity contribution is 8.00. The van der Waals surface area contributed by atoms with Gasteiger partial charge in [0.25, 0.3) is 0 Å². The Morgan fingerprint density at radius 2 is 1.41 bits per heavy atom. The van der Waals surface area contributed by atoms with Gasteiger partial charge in [-0.05, 0) is 17.7 Å². The average molecular weight is 314 g/mol. The minimum absolute atomic E-state index is 0.0682. The van der Waals surface area contributed by atoms with Gasteiger partial charge in [0.2, 0.25) is 11.8 Å². The molecule has 0 aliphatic heterocycles. The molecule has 2 rings (SSSR count). The number of thioether (sulfide) groups is 1. The second kappa shape index (κ2) is 8.89.